The van der Waals surface area contributed by atoms with Crippen LogP contribution in [-0.4, -0.2) is 0 Å². The summed E-state index contributed by atoms with van der Waals surface area (Å²) in [5.74, 6) is 0. The zero-order chi connectivity index (χ0) is 0. The van der Waals surface area contributed by atoms with Crippen LogP contribution in [0.25, 0.3) is 0 Å². The Morgan fingerprint density at radius 2 is 0.0250 bits per heavy atom. The van der Waals surface area contributed by atoms with Crippen molar-refractivity contribution >= 4 is 993 Å². The molecule has 0 aliphatic rings. The summed E-state index contributed by atoms with van der Waals surface area (Å²) < 4.78 is 0. The van der Waals surface area contributed by atoms with Crippen molar-refractivity contribution in [2.45, 2.75) is 0 Å². The predicted octanol–water partition coefficient (Wildman–Crippen LogP) is -86.1. The summed E-state index contributed by atoms with van der Waals surface area (Å²) in [5, 5.41) is 0. The monoisotopic (exact) mass is 4360 g/mol. The van der Waals surface area contributed by atoms with E-state index < -0.39 is 0 Å². The first-order valence-electron chi connectivity index (χ1n) is 0. The van der Waals surface area contributed by atoms with Crippen LogP contribution in [0.1, 0.15) is 0 Å². The van der Waals surface area contributed by atoms with Gasteiger partial charge in [-0.2, -0.15) is 0 Å². The Bertz CT molecular complexity index is 78.0. The minimum absolute atomic E-state index is 0. The normalized spacial score (nSPS) is 0. The molecule has 0 bridgehead atoms. The van der Waals surface area contributed by atoms with E-state index in [1.54, 1.807) is 0 Å². The first-order valence-corrected chi connectivity index (χ1v) is 0. The second-order valence-corrected chi connectivity index (χ2v) is 0. The molecule has 0 aliphatic heterocycles. The molecule has 0 aromatic rings. The molecular formula is H80Cl100K20. The molecule has 0 aliphatic carbocycles. The summed E-state index contributed by atoms with van der Waals surface area (Å²) in [7, 11) is 0. The molecule has 0 N–H and O–H groups in total. The van der Waals surface area contributed by atoms with Gasteiger partial charge in [0, 0.05) is 0 Å². The van der Waals surface area contributed by atoms with Gasteiger partial charge in [-0.05, 0) is 0 Å². The van der Waals surface area contributed by atoms with Crippen LogP contribution in [0, 0.1) is 0 Å². The fourth-order valence-electron chi connectivity index (χ4n) is 0. The SMILES string of the molecule is Cl.Cl.Cl.Cl.Cl.Cl.Cl.Cl.Cl.Cl.Cl.Cl.Cl.Cl.Cl.Cl.Cl.Cl.Cl.Cl.Cl.Cl.Cl.Cl.Cl.Cl.Cl.Cl.Cl.Cl.Cl.Cl.Cl.Cl.Cl.Cl.Cl.Cl.Cl.Cl.Cl.Cl.Cl.Cl.Cl.Cl.Cl.Cl.Cl.Cl.Cl.Cl.Cl.Cl.Cl.Cl.Cl.Cl.Cl.Cl.Cl.Cl.Cl.Cl.Cl.Cl.Cl.Cl.Cl.Cl.Cl.Cl.Cl.Cl.Cl.Cl.Cl.Cl.Cl.Cl.[Cl-].[Cl-].[Cl-].[Cl-].[Cl-].[Cl-].[Cl-].[Cl-].[Cl-].[Cl-].[Cl-].[Cl-].[Cl-].[Cl-].[Cl-].[Cl-].[Cl-].[Cl-].[Cl-].[Cl-].[K+].[K+].[K+].[K+].[K+].[K+].[K+].[K+].[K+].[K+].[K+].[K+].[K+].[K+].[K+].[K+].[K+].[K+].[K+].[K+]. The second-order valence-electron chi connectivity index (χ2n) is 0. The Labute approximate surface area is 2200 Å². The van der Waals surface area contributed by atoms with Gasteiger partial charge in [-0.1, -0.05) is 0 Å². The van der Waals surface area contributed by atoms with E-state index in [0.29, 0.717) is 0 Å². The van der Waals surface area contributed by atoms with Crippen LogP contribution in [0.2, 0.25) is 0 Å². The van der Waals surface area contributed by atoms with Crippen LogP contribution in [0.5, 0.6) is 0 Å². The van der Waals surface area contributed by atoms with Crippen molar-refractivity contribution in [1.29, 1.82) is 0 Å². The largest absolute Gasteiger partial charge is 1.00 e. The topological polar surface area (TPSA) is 0 Å². The van der Waals surface area contributed by atoms with E-state index in [1.807, 2.05) is 0 Å². The average molecular weight is 4410 g/mol. The van der Waals surface area contributed by atoms with Crippen LogP contribution in [0.15, 0.2) is 0 Å². The first-order chi connectivity index (χ1) is 0. The van der Waals surface area contributed by atoms with Crippen molar-refractivity contribution in [3.05, 3.63) is 0 Å². The maximum Gasteiger partial charge on any atom is 1.00 e. The van der Waals surface area contributed by atoms with Crippen LogP contribution in [0.3, 0.4) is 0 Å². The van der Waals surface area contributed by atoms with Gasteiger partial charge in [-0.15, -0.1) is 993 Å². The van der Waals surface area contributed by atoms with Crippen molar-refractivity contribution in [3.63, 3.8) is 0 Å². The van der Waals surface area contributed by atoms with E-state index in [9.17, 15) is 0 Å². The molecule has 800 valence electrons. The summed E-state index contributed by atoms with van der Waals surface area (Å²) >= 11 is 0. The molecule has 0 spiro atoms. The van der Waals surface area contributed by atoms with E-state index in [1.165, 1.54) is 0 Å². The maximum atomic E-state index is 0. The molecule has 0 atom stereocenters. The summed E-state index contributed by atoms with van der Waals surface area (Å²) in [4.78, 5) is 0. The van der Waals surface area contributed by atoms with E-state index in [4.69, 9.17) is 0 Å². The number of halogens is 100. The molecule has 0 radical (unpaired) electrons. The zero-order valence-electron chi connectivity index (χ0n) is 60.2. The summed E-state index contributed by atoms with van der Waals surface area (Å²) in [6, 6.07) is 0. The first kappa shape index (κ1) is 1560. The molecule has 0 unspecified atom stereocenters. The Kier molecular flexibility index (Phi) is 19900. The molecule has 120 heteroatoms. The predicted molar refractivity (Wildman–Crippen MR) is 580 cm³/mol. The third kappa shape index (κ3) is 1510. The number of hydrogen-bond acceptors (Lipinski definition) is 0. The Hall–Kier alpha value is 61.7. The molecule has 0 nitrogen and oxygen atoms in total. The van der Waals surface area contributed by atoms with Crippen molar-refractivity contribution in [3.8, 4) is 0 Å². The van der Waals surface area contributed by atoms with Crippen molar-refractivity contribution in [1.82, 2.24) is 0 Å². The molecule has 0 amide bonds. The van der Waals surface area contributed by atoms with Gasteiger partial charge in [0.15, 0.2) is 0 Å². The van der Waals surface area contributed by atoms with E-state index in [0.717, 1.165) is 0 Å². The smallest absolute Gasteiger partial charge is 1.00 e. The van der Waals surface area contributed by atoms with E-state index in [2.05, 4.69) is 0 Å². The number of hydrogen-bond donors (Lipinski definition) is 0. The summed E-state index contributed by atoms with van der Waals surface area (Å²) in [6.45, 7) is 0. The number of rotatable bonds is 0. The Balaban J connectivity index is 0. The minimum Gasteiger partial charge on any atom is -1.00 e. The van der Waals surface area contributed by atoms with Crippen LogP contribution >= 0.6 is 993 Å². The van der Waals surface area contributed by atoms with Crippen molar-refractivity contribution in [2.75, 3.05) is 0 Å². The van der Waals surface area contributed by atoms with Gasteiger partial charge in [0.05, 0.1) is 0 Å². The van der Waals surface area contributed by atoms with Crippen molar-refractivity contribution in [2.24, 2.45) is 0 Å². The molecular weight excluding hydrogens is 4330 g/mol. The fraction of sp³-hybridized carbons (Fsp3) is 0. The van der Waals surface area contributed by atoms with Gasteiger partial charge in [0.1, 0.15) is 0 Å². The molecule has 0 rings (SSSR count). The molecule has 0 fully saturated rings. The Morgan fingerprint density at radius 1 is 0.0250 bits per heavy atom. The van der Waals surface area contributed by atoms with E-state index in [-0.39, 0.29) is 2270 Å². The second kappa shape index (κ2) is 1530. The van der Waals surface area contributed by atoms with Crippen LogP contribution in [-0.2, 0) is 0 Å². The summed E-state index contributed by atoms with van der Waals surface area (Å²) in [6.07, 6.45) is 0. The molecule has 120 heavy (non-hydrogen) atoms. The average Bonchev–Trinajstić information content (AvgIpc) is 0. The maximum absolute atomic E-state index is 0. The third-order valence-corrected chi connectivity index (χ3v) is 0. The van der Waals surface area contributed by atoms with E-state index >= 15 is 0 Å². The molecule has 0 heterocycles. The van der Waals surface area contributed by atoms with Gasteiger partial charge in [0.25, 0.3) is 0 Å². The van der Waals surface area contributed by atoms with Gasteiger partial charge in [0.2, 0.25) is 0 Å². The third-order valence-electron chi connectivity index (χ3n) is 0. The fourth-order valence-corrected chi connectivity index (χ4v) is 0. The van der Waals surface area contributed by atoms with Crippen LogP contribution in [0.4, 0.5) is 0 Å². The molecule has 0 saturated heterocycles. The Morgan fingerprint density at radius 3 is 0.0250 bits per heavy atom. The van der Waals surface area contributed by atoms with Gasteiger partial charge in [-0.25, -0.2) is 0 Å². The van der Waals surface area contributed by atoms with Gasteiger partial charge in [-0.3, -0.25) is 0 Å². The molecule has 0 aromatic carbocycles. The van der Waals surface area contributed by atoms with Gasteiger partial charge >= 0.3 is 1030 Å². The van der Waals surface area contributed by atoms with Gasteiger partial charge < -0.3 is 248 Å². The molecule has 0 aromatic heterocycles. The van der Waals surface area contributed by atoms with Crippen LogP contribution < -0.4 is 1280 Å². The molecule has 0 saturated carbocycles. The minimum atomic E-state index is 0. The quantitative estimate of drug-likeness (QED) is 0.212. The summed E-state index contributed by atoms with van der Waals surface area (Å²) in [5.41, 5.74) is 0. The zero-order valence-corrected chi connectivity index (χ0v) is 203. The standard InChI is InChI=1S/100ClH.20K/h100*1H;;;;;;;;;;;;;;;;;;;;/q;;;;;;;;;;;;;;;;;;;;;;;;;;;;;;;;;;;;;;;;;;;;;;;;;;;;;;;;;;;;;;;;;;;;;;;;;;;;;;;;;;;;;;;;;;;;;;;;;;;;20*+1/p-20. The van der Waals surface area contributed by atoms with Crippen molar-refractivity contribution < 1.29 is 1280 Å².